The molecule has 6 heteroatoms. The first-order valence-electron chi connectivity index (χ1n) is 3.79. The summed E-state index contributed by atoms with van der Waals surface area (Å²) in [5.74, 6) is 0. The van der Waals surface area contributed by atoms with Crippen LogP contribution in [-0.2, 0) is 22.7 Å². The molecule has 0 N–H and O–H groups in total. The summed E-state index contributed by atoms with van der Waals surface area (Å²) in [7, 11) is 0.525. The molecule has 1 rings (SSSR count). The van der Waals surface area contributed by atoms with E-state index in [1.54, 1.807) is 0 Å². The van der Waals surface area contributed by atoms with Crippen molar-refractivity contribution in [2.75, 3.05) is 7.11 Å². The monoisotopic (exact) mass is 205 g/mol. The van der Waals surface area contributed by atoms with E-state index in [9.17, 15) is 9.46 Å². The molecule has 74 valence electrons. The summed E-state index contributed by atoms with van der Waals surface area (Å²) in [6, 6.07) is 0. The maximum atomic E-state index is 9.18. The van der Waals surface area contributed by atoms with Gasteiger partial charge in [0.15, 0.2) is 0 Å². The Balaban J connectivity index is 0.000000252. The van der Waals surface area contributed by atoms with Crippen molar-refractivity contribution in [3.63, 3.8) is 0 Å². The molecule has 5 nitrogen and oxygen atoms in total. The fourth-order valence-electron chi connectivity index (χ4n) is 0.689. The minimum absolute atomic E-state index is 1.06. The number of hydrogen-bond donors (Lipinski definition) is 0. The van der Waals surface area contributed by atoms with Crippen LogP contribution in [0.3, 0.4) is 0 Å². The van der Waals surface area contributed by atoms with Crippen molar-refractivity contribution in [1.82, 2.24) is 4.57 Å². The van der Waals surface area contributed by atoms with Gasteiger partial charge in [0.2, 0.25) is 6.33 Å². The van der Waals surface area contributed by atoms with Gasteiger partial charge in [0.05, 0.1) is 20.7 Å². The molecule has 1 unspecified atom stereocenters. The van der Waals surface area contributed by atoms with Crippen LogP contribution in [0, 0.1) is 0 Å². The standard InChI is InChI=1S/C6H11N2.CH3O3P/c1-3-8-5-4-7(2)6-8;1-4-5(2)3/h4-6H,3H2,1-2H3;1H3/q+1;. The van der Waals surface area contributed by atoms with Gasteiger partial charge in [-0.2, -0.15) is 4.52 Å². The van der Waals surface area contributed by atoms with Gasteiger partial charge in [-0.15, -0.1) is 0 Å². The molecule has 1 atom stereocenters. The molecule has 0 aliphatic carbocycles. The highest BCUT2D eigenvalue weighted by atomic mass is 31.1. The summed E-state index contributed by atoms with van der Waals surface area (Å²) in [6.07, 6.45) is 6.14. The van der Waals surface area contributed by atoms with E-state index in [0.717, 1.165) is 13.7 Å². The Morgan fingerprint density at radius 3 is 2.38 bits per heavy atom. The van der Waals surface area contributed by atoms with Crippen molar-refractivity contribution in [2.24, 2.45) is 7.05 Å². The van der Waals surface area contributed by atoms with Crippen LogP contribution in [-0.4, -0.2) is 11.7 Å². The van der Waals surface area contributed by atoms with E-state index >= 15 is 0 Å². The number of aryl methyl sites for hydroxylation is 2. The smallest absolute Gasteiger partial charge is 0.488 e. The highest BCUT2D eigenvalue weighted by Gasteiger charge is 1.92. The van der Waals surface area contributed by atoms with Gasteiger partial charge >= 0.3 is 8.25 Å². The quantitative estimate of drug-likeness (QED) is 0.503. The molecule has 0 fully saturated rings. The molecule has 0 amide bonds. The molecule has 0 aliphatic rings. The number of nitrogens with zero attached hydrogens (tertiary/aromatic N) is 2. The maximum Gasteiger partial charge on any atom is 0.488 e. The van der Waals surface area contributed by atoms with Gasteiger partial charge in [0, 0.05) is 0 Å². The predicted octanol–water partition coefficient (Wildman–Crippen LogP) is -0.0170. The normalized spacial score (nSPS) is 10.3. The lowest BCUT2D eigenvalue weighted by Crippen LogP contribution is -2.23. The first kappa shape index (κ1) is 12.2. The lowest BCUT2D eigenvalue weighted by atomic mass is 10.7. The first-order valence-corrected chi connectivity index (χ1v) is 4.89. The molecule has 13 heavy (non-hydrogen) atoms. The number of hydrogen-bond acceptors (Lipinski definition) is 3. The highest BCUT2D eigenvalue weighted by Crippen LogP contribution is 2.02. The summed E-state index contributed by atoms with van der Waals surface area (Å²) in [5.41, 5.74) is 0. The zero-order chi connectivity index (χ0) is 10.3. The topological polar surface area (TPSA) is 58.2 Å². The average molecular weight is 205 g/mol. The van der Waals surface area contributed by atoms with Gasteiger partial charge in [-0.25, -0.2) is 9.13 Å². The second kappa shape index (κ2) is 6.71. The maximum absolute atomic E-state index is 9.18. The molecule has 0 aliphatic heterocycles. The molecule has 0 spiro atoms. The largest absolute Gasteiger partial charge is 0.566 e. The number of rotatable bonds is 2. The summed E-state index contributed by atoms with van der Waals surface area (Å²) in [6.45, 7) is 3.18. The average Bonchev–Trinajstić information content (AvgIpc) is 2.52. The molecular weight excluding hydrogens is 191 g/mol. The molecule has 0 bridgehead atoms. The fourth-order valence-corrected chi connectivity index (χ4v) is 0.689. The lowest BCUT2D eigenvalue weighted by molar-refractivity contribution is -0.671. The van der Waals surface area contributed by atoms with Crippen molar-refractivity contribution < 1.29 is 18.5 Å². The van der Waals surface area contributed by atoms with Gasteiger partial charge in [0.25, 0.3) is 0 Å². The van der Waals surface area contributed by atoms with Crippen LogP contribution in [0.5, 0.6) is 0 Å². The van der Waals surface area contributed by atoms with Gasteiger partial charge in [-0.05, 0) is 11.5 Å². The highest BCUT2D eigenvalue weighted by molar-refractivity contribution is 7.30. The van der Waals surface area contributed by atoms with Crippen LogP contribution in [0.25, 0.3) is 0 Å². The number of imidazole rings is 1. The van der Waals surface area contributed by atoms with Crippen molar-refractivity contribution in [3.8, 4) is 0 Å². The Kier molecular flexibility index (Phi) is 6.32. The van der Waals surface area contributed by atoms with Crippen LogP contribution in [0.15, 0.2) is 18.7 Å². The van der Waals surface area contributed by atoms with Crippen LogP contribution in [0.2, 0.25) is 0 Å². The van der Waals surface area contributed by atoms with Crippen LogP contribution >= 0.6 is 8.25 Å². The third-order valence-corrected chi connectivity index (χ3v) is 1.64. The summed E-state index contributed by atoms with van der Waals surface area (Å²) in [4.78, 5) is 9.18. The fraction of sp³-hybridized carbons (Fsp3) is 0.571. The Bertz CT molecular complexity index is 262. The van der Waals surface area contributed by atoms with Crippen molar-refractivity contribution >= 4 is 8.25 Å². The molecule has 0 saturated carbocycles. The zero-order valence-corrected chi connectivity index (χ0v) is 8.90. The minimum atomic E-state index is -2.60. The third-order valence-electron chi connectivity index (χ3n) is 1.34. The number of aromatic nitrogens is 2. The zero-order valence-electron chi connectivity index (χ0n) is 8.01. The van der Waals surface area contributed by atoms with E-state index in [-0.39, 0.29) is 0 Å². The Hall–Kier alpha value is -0.770. The van der Waals surface area contributed by atoms with Gasteiger partial charge in [0.1, 0.15) is 12.4 Å². The Morgan fingerprint density at radius 1 is 1.69 bits per heavy atom. The van der Waals surface area contributed by atoms with E-state index in [0.29, 0.717) is 0 Å². The second-order valence-electron chi connectivity index (χ2n) is 2.32. The molecule has 1 aromatic heterocycles. The van der Waals surface area contributed by atoms with Crippen molar-refractivity contribution in [1.29, 1.82) is 0 Å². The summed E-state index contributed by atoms with van der Waals surface area (Å²) in [5, 5.41) is 0. The van der Waals surface area contributed by atoms with E-state index in [2.05, 4.69) is 28.5 Å². The van der Waals surface area contributed by atoms with E-state index in [4.69, 9.17) is 0 Å². The Morgan fingerprint density at radius 2 is 2.23 bits per heavy atom. The van der Waals surface area contributed by atoms with Crippen LogP contribution in [0.1, 0.15) is 6.92 Å². The predicted molar refractivity (Wildman–Crippen MR) is 45.9 cm³/mol. The molecular formula is C7H14N2O3P+. The lowest BCUT2D eigenvalue weighted by Gasteiger charge is -1.81. The van der Waals surface area contributed by atoms with Crippen molar-refractivity contribution in [3.05, 3.63) is 18.7 Å². The third kappa shape index (κ3) is 6.40. The van der Waals surface area contributed by atoms with Crippen LogP contribution in [0.4, 0.5) is 0 Å². The van der Waals surface area contributed by atoms with Crippen LogP contribution < -0.4 is 9.46 Å². The van der Waals surface area contributed by atoms with E-state index in [1.165, 1.54) is 0 Å². The van der Waals surface area contributed by atoms with Crippen molar-refractivity contribution in [2.45, 2.75) is 13.5 Å². The molecule has 0 radical (unpaired) electrons. The molecule has 0 saturated heterocycles. The molecule has 1 aromatic rings. The summed E-state index contributed by atoms with van der Waals surface area (Å²) >= 11 is 0. The van der Waals surface area contributed by atoms with Gasteiger partial charge < -0.3 is 4.89 Å². The molecule has 1 heterocycles. The van der Waals surface area contributed by atoms with Gasteiger partial charge in [-0.1, -0.05) is 0 Å². The van der Waals surface area contributed by atoms with E-state index in [1.807, 2.05) is 17.8 Å². The van der Waals surface area contributed by atoms with Gasteiger partial charge in [-0.3, -0.25) is 0 Å². The Labute approximate surface area is 78.5 Å². The first-order chi connectivity index (χ1) is 6.10. The SMILES string of the molecule is CCn1cc[n+](C)c1.CO[P+](=O)[O-]. The minimum Gasteiger partial charge on any atom is -0.566 e. The molecule has 0 aromatic carbocycles. The summed E-state index contributed by atoms with van der Waals surface area (Å²) < 4.78 is 17.0. The second-order valence-corrected chi connectivity index (χ2v) is 3.13. The van der Waals surface area contributed by atoms with E-state index < -0.39 is 8.25 Å².